The number of hydrogen-bond acceptors (Lipinski definition) is 4. The molecule has 128 valence electrons. The molecule has 0 bridgehead atoms. The number of rotatable bonds is 5. The van der Waals surface area contributed by atoms with Gasteiger partial charge < -0.3 is 10.2 Å². The highest BCUT2D eigenvalue weighted by Crippen LogP contribution is 2.23. The number of piperidine rings is 1. The molecule has 0 radical (unpaired) electrons. The zero-order valence-corrected chi connectivity index (χ0v) is 15.4. The first kappa shape index (κ1) is 17.1. The summed E-state index contributed by atoms with van der Waals surface area (Å²) in [4.78, 5) is 5.02. The molecule has 3 rings (SSSR count). The molecule has 2 aliphatic rings. The summed E-state index contributed by atoms with van der Waals surface area (Å²) in [7, 11) is 2.23. The van der Waals surface area contributed by atoms with Crippen LogP contribution in [0.3, 0.4) is 0 Å². The van der Waals surface area contributed by atoms with E-state index in [2.05, 4.69) is 65.1 Å². The van der Waals surface area contributed by atoms with Crippen LogP contribution in [0.4, 0.5) is 5.69 Å². The summed E-state index contributed by atoms with van der Waals surface area (Å²) in [6.07, 6.45) is 2.63. The van der Waals surface area contributed by atoms with E-state index in [9.17, 15) is 0 Å². The highest BCUT2D eigenvalue weighted by atomic mass is 32.2. The van der Waals surface area contributed by atoms with E-state index in [4.69, 9.17) is 0 Å². The molecule has 0 aliphatic carbocycles. The van der Waals surface area contributed by atoms with Crippen molar-refractivity contribution in [1.82, 2.24) is 9.80 Å². The Hall–Kier alpha value is -0.710. The highest BCUT2D eigenvalue weighted by molar-refractivity contribution is 7.99. The van der Waals surface area contributed by atoms with E-state index in [0.29, 0.717) is 6.04 Å². The van der Waals surface area contributed by atoms with Crippen molar-refractivity contribution < 1.29 is 0 Å². The number of hydrogen-bond donors (Lipinski definition) is 1. The lowest BCUT2D eigenvalue weighted by atomic mass is 9.90. The van der Waals surface area contributed by atoms with Gasteiger partial charge in [0.2, 0.25) is 0 Å². The summed E-state index contributed by atoms with van der Waals surface area (Å²) in [6.45, 7) is 8.39. The number of likely N-dealkylation sites (tertiary alicyclic amines) is 1. The maximum atomic E-state index is 3.76. The Labute approximate surface area is 145 Å². The van der Waals surface area contributed by atoms with Gasteiger partial charge in [0.15, 0.2) is 0 Å². The fraction of sp³-hybridized carbons (Fsp3) is 0.684. The molecule has 1 atom stereocenters. The molecule has 23 heavy (non-hydrogen) atoms. The number of thioether (sulfide) groups is 1. The summed E-state index contributed by atoms with van der Waals surface area (Å²) < 4.78 is 0. The van der Waals surface area contributed by atoms with Crippen molar-refractivity contribution in [2.24, 2.45) is 5.92 Å². The summed E-state index contributed by atoms with van der Waals surface area (Å²) in [6, 6.07) is 9.62. The van der Waals surface area contributed by atoms with Crippen LogP contribution in [0.25, 0.3) is 0 Å². The van der Waals surface area contributed by atoms with Crippen molar-refractivity contribution in [3.63, 3.8) is 0 Å². The Morgan fingerprint density at radius 3 is 2.65 bits per heavy atom. The predicted molar refractivity (Wildman–Crippen MR) is 102 cm³/mol. The molecule has 1 N–H and O–H groups in total. The summed E-state index contributed by atoms with van der Waals surface area (Å²) in [5.74, 6) is 3.37. The Morgan fingerprint density at radius 1 is 1.17 bits per heavy atom. The lowest BCUT2D eigenvalue weighted by Gasteiger charge is -2.33. The molecule has 0 aromatic heterocycles. The van der Waals surface area contributed by atoms with Gasteiger partial charge in [-0.25, -0.2) is 0 Å². The smallest absolute Gasteiger partial charge is 0.0345 e. The van der Waals surface area contributed by atoms with E-state index < -0.39 is 0 Å². The van der Waals surface area contributed by atoms with Crippen LogP contribution in [0.5, 0.6) is 0 Å². The maximum absolute atomic E-state index is 3.76. The van der Waals surface area contributed by atoms with Crippen molar-refractivity contribution in [3.05, 3.63) is 29.8 Å². The fourth-order valence-corrected chi connectivity index (χ4v) is 4.66. The van der Waals surface area contributed by atoms with E-state index in [0.717, 1.165) is 12.5 Å². The van der Waals surface area contributed by atoms with Gasteiger partial charge in [-0.2, -0.15) is 11.8 Å². The SMILES string of the molecule is CC(Nc1cccc(CN2CCSCC2)c1)C1CCN(C)CC1. The van der Waals surface area contributed by atoms with E-state index in [1.807, 2.05) is 0 Å². The minimum absolute atomic E-state index is 0.560. The van der Waals surface area contributed by atoms with Crippen molar-refractivity contribution in [1.29, 1.82) is 0 Å². The fourth-order valence-electron chi connectivity index (χ4n) is 3.69. The van der Waals surface area contributed by atoms with E-state index in [-0.39, 0.29) is 0 Å². The predicted octanol–water partition coefficient (Wildman–Crippen LogP) is 3.38. The van der Waals surface area contributed by atoms with Gasteiger partial charge in [-0.1, -0.05) is 12.1 Å². The molecule has 0 amide bonds. The van der Waals surface area contributed by atoms with Crippen LogP contribution < -0.4 is 5.32 Å². The van der Waals surface area contributed by atoms with Crippen LogP contribution in [0.1, 0.15) is 25.3 Å². The molecular formula is C19H31N3S. The standard InChI is InChI=1S/C19H31N3S/c1-16(18-6-8-21(2)9-7-18)20-19-5-3-4-17(14-19)15-22-10-12-23-13-11-22/h3-5,14,16,18,20H,6-13,15H2,1-2H3. The Kier molecular flexibility index (Phi) is 6.26. The van der Waals surface area contributed by atoms with E-state index in [1.165, 1.54) is 61.8 Å². The number of benzene rings is 1. The topological polar surface area (TPSA) is 18.5 Å². The average molecular weight is 334 g/mol. The first-order valence-corrected chi connectivity index (χ1v) is 10.2. The molecule has 1 aromatic carbocycles. The van der Waals surface area contributed by atoms with Crippen molar-refractivity contribution in [2.75, 3.05) is 50.0 Å². The molecule has 0 spiro atoms. The molecule has 3 nitrogen and oxygen atoms in total. The van der Waals surface area contributed by atoms with Crippen LogP contribution in [0, 0.1) is 5.92 Å². The molecule has 4 heteroatoms. The zero-order chi connectivity index (χ0) is 16.1. The van der Waals surface area contributed by atoms with Crippen LogP contribution in [-0.2, 0) is 6.54 Å². The first-order valence-electron chi connectivity index (χ1n) is 9.05. The zero-order valence-electron chi connectivity index (χ0n) is 14.6. The minimum atomic E-state index is 0.560. The lowest BCUT2D eigenvalue weighted by molar-refractivity contribution is 0.208. The Balaban J connectivity index is 1.54. The summed E-state index contributed by atoms with van der Waals surface area (Å²) in [5.41, 5.74) is 2.73. The van der Waals surface area contributed by atoms with Crippen molar-refractivity contribution in [2.45, 2.75) is 32.4 Å². The Bertz CT molecular complexity index is 479. The number of anilines is 1. The first-order chi connectivity index (χ1) is 11.2. The molecule has 1 unspecified atom stereocenters. The second-order valence-electron chi connectivity index (χ2n) is 7.16. The normalized spacial score (nSPS) is 22.9. The molecule has 2 fully saturated rings. The third kappa shape index (κ3) is 5.13. The van der Waals surface area contributed by atoms with Gasteiger partial charge in [-0.05, 0) is 63.5 Å². The van der Waals surface area contributed by atoms with Gasteiger partial charge in [0.1, 0.15) is 0 Å². The van der Waals surface area contributed by atoms with Gasteiger partial charge in [0.25, 0.3) is 0 Å². The molecular weight excluding hydrogens is 302 g/mol. The van der Waals surface area contributed by atoms with Crippen LogP contribution >= 0.6 is 11.8 Å². The number of nitrogens with one attached hydrogen (secondary N) is 1. The summed E-state index contributed by atoms with van der Waals surface area (Å²) in [5, 5.41) is 3.76. The monoisotopic (exact) mass is 333 g/mol. The second kappa shape index (κ2) is 8.41. The molecule has 1 aromatic rings. The van der Waals surface area contributed by atoms with Gasteiger partial charge in [-0.15, -0.1) is 0 Å². The molecule has 0 saturated carbocycles. The third-order valence-electron chi connectivity index (χ3n) is 5.30. The van der Waals surface area contributed by atoms with Gasteiger partial charge in [-0.3, -0.25) is 4.90 Å². The molecule has 2 aliphatic heterocycles. The molecule has 2 heterocycles. The van der Waals surface area contributed by atoms with Crippen LogP contribution in [-0.4, -0.2) is 60.6 Å². The quantitative estimate of drug-likeness (QED) is 0.890. The van der Waals surface area contributed by atoms with Crippen molar-refractivity contribution in [3.8, 4) is 0 Å². The van der Waals surface area contributed by atoms with Gasteiger partial charge >= 0.3 is 0 Å². The van der Waals surface area contributed by atoms with E-state index in [1.54, 1.807) is 0 Å². The minimum Gasteiger partial charge on any atom is -0.382 e. The average Bonchev–Trinajstić information content (AvgIpc) is 2.57. The maximum Gasteiger partial charge on any atom is 0.0345 e. The summed E-state index contributed by atoms with van der Waals surface area (Å²) >= 11 is 2.08. The molecule has 2 saturated heterocycles. The van der Waals surface area contributed by atoms with Crippen molar-refractivity contribution >= 4 is 17.4 Å². The van der Waals surface area contributed by atoms with E-state index >= 15 is 0 Å². The lowest BCUT2D eigenvalue weighted by Crippen LogP contribution is -2.37. The van der Waals surface area contributed by atoms with Gasteiger partial charge in [0.05, 0.1) is 0 Å². The largest absolute Gasteiger partial charge is 0.382 e. The van der Waals surface area contributed by atoms with Crippen LogP contribution in [0.2, 0.25) is 0 Å². The van der Waals surface area contributed by atoms with Crippen LogP contribution in [0.15, 0.2) is 24.3 Å². The highest BCUT2D eigenvalue weighted by Gasteiger charge is 2.22. The number of nitrogens with zero attached hydrogens (tertiary/aromatic N) is 2. The van der Waals surface area contributed by atoms with Gasteiger partial charge in [0, 0.05) is 42.9 Å². The Morgan fingerprint density at radius 2 is 1.91 bits per heavy atom. The second-order valence-corrected chi connectivity index (χ2v) is 8.39. The third-order valence-corrected chi connectivity index (χ3v) is 6.24.